The molecule has 0 fully saturated rings. The normalized spacial score (nSPS) is 14.6. The summed E-state index contributed by atoms with van der Waals surface area (Å²) in [6.45, 7) is 3.26. The Morgan fingerprint density at radius 2 is 2.00 bits per heavy atom. The van der Waals surface area contributed by atoms with Crippen molar-refractivity contribution in [3.63, 3.8) is 0 Å². The fourth-order valence-electron chi connectivity index (χ4n) is 3.88. The number of rotatable bonds is 5. The van der Waals surface area contributed by atoms with Crippen molar-refractivity contribution in [1.82, 2.24) is 14.7 Å². The SMILES string of the molecule is Cc1cc(C(=O)N2CCOc3ccc(C(O)CCc4ccccc4)cc3C2)n(C)n1. The number of amides is 1. The van der Waals surface area contributed by atoms with Gasteiger partial charge in [-0.2, -0.15) is 5.10 Å². The number of aryl methyl sites for hydroxylation is 3. The number of aromatic nitrogens is 2. The molecule has 0 bridgehead atoms. The third-order valence-corrected chi connectivity index (χ3v) is 5.51. The quantitative estimate of drug-likeness (QED) is 0.706. The molecule has 4 rings (SSSR count). The van der Waals surface area contributed by atoms with Gasteiger partial charge in [-0.05, 0) is 49.1 Å². The molecule has 0 spiro atoms. The molecular formula is C24H27N3O3. The minimum absolute atomic E-state index is 0.0652. The van der Waals surface area contributed by atoms with E-state index in [1.165, 1.54) is 5.56 Å². The van der Waals surface area contributed by atoms with Crippen LogP contribution in [0.1, 0.15) is 45.4 Å². The van der Waals surface area contributed by atoms with Gasteiger partial charge in [0, 0.05) is 19.2 Å². The van der Waals surface area contributed by atoms with Crippen LogP contribution >= 0.6 is 0 Å². The Bertz CT molecular complexity index is 1030. The maximum absolute atomic E-state index is 13.0. The lowest BCUT2D eigenvalue weighted by molar-refractivity contribution is 0.0722. The molecular weight excluding hydrogens is 378 g/mol. The standard InChI is InChI=1S/C24H27N3O3/c1-17-14-21(26(2)25-17)24(29)27-12-13-30-23-11-9-19(15-20(23)16-27)22(28)10-8-18-6-4-3-5-7-18/h3-7,9,11,14-15,22,28H,8,10,12-13,16H2,1-2H3. The molecule has 1 amide bonds. The highest BCUT2D eigenvalue weighted by Gasteiger charge is 2.24. The lowest BCUT2D eigenvalue weighted by Gasteiger charge is -2.20. The number of carbonyl (C=O) groups is 1. The second-order valence-electron chi connectivity index (χ2n) is 7.78. The van der Waals surface area contributed by atoms with E-state index in [1.54, 1.807) is 22.7 Å². The van der Waals surface area contributed by atoms with E-state index in [0.717, 1.165) is 29.0 Å². The zero-order valence-corrected chi connectivity index (χ0v) is 17.4. The largest absolute Gasteiger partial charge is 0.491 e. The summed E-state index contributed by atoms with van der Waals surface area (Å²) in [5.41, 5.74) is 4.35. The van der Waals surface area contributed by atoms with Gasteiger partial charge in [0.2, 0.25) is 0 Å². The molecule has 1 aliphatic heterocycles. The molecule has 0 aliphatic carbocycles. The maximum Gasteiger partial charge on any atom is 0.272 e. The average Bonchev–Trinajstić information content (AvgIpc) is 2.96. The summed E-state index contributed by atoms with van der Waals surface area (Å²) in [7, 11) is 1.78. The van der Waals surface area contributed by atoms with E-state index in [2.05, 4.69) is 17.2 Å². The fraction of sp³-hybridized carbons (Fsp3) is 0.333. The van der Waals surface area contributed by atoms with Crippen LogP contribution in [0.25, 0.3) is 0 Å². The van der Waals surface area contributed by atoms with E-state index >= 15 is 0 Å². The van der Waals surface area contributed by atoms with Crippen molar-refractivity contribution in [2.24, 2.45) is 7.05 Å². The number of hydrogen-bond acceptors (Lipinski definition) is 4. The summed E-state index contributed by atoms with van der Waals surface area (Å²) < 4.78 is 7.49. The summed E-state index contributed by atoms with van der Waals surface area (Å²) in [4.78, 5) is 14.8. The van der Waals surface area contributed by atoms with E-state index in [4.69, 9.17) is 4.74 Å². The predicted octanol–water partition coefficient (Wildman–Crippen LogP) is 3.43. The van der Waals surface area contributed by atoms with Crippen LogP contribution in [0, 0.1) is 6.92 Å². The maximum atomic E-state index is 13.0. The third-order valence-electron chi connectivity index (χ3n) is 5.51. The molecule has 0 radical (unpaired) electrons. The fourth-order valence-corrected chi connectivity index (χ4v) is 3.88. The molecule has 3 aromatic rings. The number of aliphatic hydroxyl groups excluding tert-OH is 1. The summed E-state index contributed by atoms with van der Waals surface area (Å²) in [6.07, 6.45) is 0.878. The minimum Gasteiger partial charge on any atom is -0.491 e. The zero-order chi connectivity index (χ0) is 21.1. The van der Waals surface area contributed by atoms with Crippen LogP contribution < -0.4 is 4.74 Å². The summed E-state index contributed by atoms with van der Waals surface area (Å²) in [5.74, 6) is 0.704. The van der Waals surface area contributed by atoms with Gasteiger partial charge in [0.05, 0.1) is 18.3 Å². The van der Waals surface area contributed by atoms with E-state index < -0.39 is 6.10 Å². The van der Waals surface area contributed by atoms with E-state index in [0.29, 0.717) is 31.8 Å². The Morgan fingerprint density at radius 3 is 2.73 bits per heavy atom. The first-order valence-electron chi connectivity index (χ1n) is 10.3. The third kappa shape index (κ3) is 4.39. The van der Waals surface area contributed by atoms with E-state index in [9.17, 15) is 9.90 Å². The number of carbonyl (C=O) groups excluding carboxylic acids is 1. The smallest absolute Gasteiger partial charge is 0.272 e. The Balaban J connectivity index is 1.50. The van der Waals surface area contributed by atoms with Crippen molar-refractivity contribution in [2.75, 3.05) is 13.2 Å². The van der Waals surface area contributed by atoms with E-state index in [1.807, 2.05) is 43.3 Å². The lowest BCUT2D eigenvalue weighted by atomic mass is 9.99. The number of aliphatic hydroxyl groups is 1. The van der Waals surface area contributed by atoms with E-state index in [-0.39, 0.29) is 5.91 Å². The average molecular weight is 405 g/mol. The van der Waals surface area contributed by atoms with Crippen LogP contribution in [-0.4, -0.2) is 38.8 Å². The molecule has 1 N–H and O–H groups in total. The molecule has 0 saturated heterocycles. The predicted molar refractivity (Wildman–Crippen MR) is 114 cm³/mol. The van der Waals surface area contributed by atoms with Gasteiger partial charge in [0.15, 0.2) is 0 Å². The molecule has 2 aromatic carbocycles. The number of nitrogens with zero attached hydrogens (tertiary/aromatic N) is 3. The molecule has 1 atom stereocenters. The van der Waals surface area contributed by atoms with Crippen molar-refractivity contribution in [2.45, 2.75) is 32.4 Å². The van der Waals surface area contributed by atoms with Crippen molar-refractivity contribution in [3.8, 4) is 5.75 Å². The summed E-state index contributed by atoms with van der Waals surface area (Å²) >= 11 is 0. The Hall–Kier alpha value is -3.12. The molecule has 1 aromatic heterocycles. The molecule has 0 saturated carbocycles. The van der Waals surface area contributed by atoms with Crippen LogP contribution in [0.5, 0.6) is 5.75 Å². The highest BCUT2D eigenvalue weighted by Crippen LogP contribution is 2.29. The molecule has 1 aliphatic rings. The molecule has 6 nitrogen and oxygen atoms in total. The van der Waals surface area contributed by atoms with Crippen molar-refractivity contribution < 1.29 is 14.6 Å². The van der Waals surface area contributed by atoms with Crippen LogP contribution in [0.3, 0.4) is 0 Å². The highest BCUT2D eigenvalue weighted by atomic mass is 16.5. The van der Waals surface area contributed by atoms with Gasteiger partial charge in [0.25, 0.3) is 5.91 Å². The monoisotopic (exact) mass is 405 g/mol. The molecule has 156 valence electrons. The van der Waals surface area contributed by atoms with Gasteiger partial charge in [-0.1, -0.05) is 36.4 Å². The second kappa shape index (κ2) is 8.71. The van der Waals surface area contributed by atoms with Gasteiger partial charge in [-0.3, -0.25) is 9.48 Å². The van der Waals surface area contributed by atoms with Crippen LogP contribution in [-0.2, 0) is 20.0 Å². The Morgan fingerprint density at radius 1 is 1.20 bits per heavy atom. The number of hydrogen-bond donors (Lipinski definition) is 1. The minimum atomic E-state index is -0.567. The van der Waals surface area contributed by atoms with Crippen LogP contribution in [0.4, 0.5) is 0 Å². The van der Waals surface area contributed by atoms with Gasteiger partial charge in [-0.15, -0.1) is 0 Å². The summed E-state index contributed by atoms with van der Waals surface area (Å²) in [6, 6.07) is 17.7. The molecule has 30 heavy (non-hydrogen) atoms. The topological polar surface area (TPSA) is 67.6 Å². The van der Waals surface area contributed by atoms with Crippen molar-refractivity contribution in [3.05, 3.63) is 82.7 Å². The number of ether oxygens (including phenoxy) is 1. The second-order valence-corrected chi connectivity index (χ2v) is 7.78. The Labute approximate surface area is 176 Å². The van der Waals surface area contributed by atoms with Gasteiger partial charge < -0.3 is 14.7 Å². The van der Waals surface area contributed by atoms with Gasteiger partial charge in [-0.25, -0.2) is 0 Å². The first kappa shape index (κ1) is 20.2. The highest BCUT2D eigenvalue weighted by molar-refractivity contribution is 5.92. The molecule has 6 heteroatoms. The van der Waals surface area contributed by atoms with Crippen LogP contribution in [0.2, 0.25) is 0 Å². The number of fused-ring (bicyclic) bond motifs is 1. The molecule has 2 heterocycles. The Kier molecular flexibility index (Phi) is 5.86. The van der Waals surface area contributed by atoms with Crippen molar-refractivity contribution in [1.29, 1.82) is 0 Å². The molecule has 1 unspecified atom stereocenters. The first-order chi connectivity index (χ1) is 14.5. The number of benzene rings is 2. The lowest BCUT2D eigenvalue weighted by Crippen LogP contribution is -2.33. The van der Waals surface area contributed by atoms with Crippen molar-refractivity contribution >= 4 is 5.91 Å². The first-order valence-corrected chi connectivity index (χ1v) is 10.3. The van der Waals surface area contributed by atoms with Crippen LogP contribution in [0.15, 0.2) is 54.6 Å². The van der Waals surface area contributed by atoms with Gasteiger partial charge in [0.1, 0.15) is 18.1 Å². The van der Waals surface area contributed by atoms with Gasteiger partial charge >= 0.3 is 0 Å². The zero-order valence-electron chi connectivity index (χ0n) is 17.4. The summed E-state index contributed by atoms with van der Waals surface area (Å²) in [5, 5.41) is 15.0.